The lowest BCUT2D eigenvalue weighted by Gasteiger charge is -2.12. The summed E-state index contributed by atoms with van der Waals surface area (Å²) in [7, 11) is 1.49. The van der Waals surface area contributed by atoms with Crippen molar-refractivity contribution in [2.24, 2.45) is 0 Å². The number of hydrogen-bond donors (Lipinski definition) is 0. The fourth-order valence-electron chi connectivity index (χ4n) is 2.29. The molecule has 0 unspecified atom stereocenters. The van der Waals surface area contributed by atoms with Gasteiger partial charge < -0.3 is 4.74 Å². The van der Waals surface area contributed by atoms with E-state index >= 15 is 0 Å². The Kier molecular flexibility index (Phi) is 4.22. The zero-order valence-corrected chi connectivity index (χ0v) is 12.7. The standard InChI is InChI=1S/C18H18O3/c1-11-7-14(8-12(2)17(11)19)5-6-15-9-13(3)18(20)16(10-15)21-4/h5-10H,1-4H3/b15-6+. The summed E-state index contributed by atoms with van der Waals surface area (Å²) in [5.74, 6) is 0.342. The summed E-state index contributed by atoms with van der Waals surface area (Å²) in [6, 6.07) is 0. The van der Waals surface area contributed by atoms with Gasteiger partial charge in [-0.25, -0.2) is 0 Å². The van der Waals surface area contributed by atoms with Crippen LogP contribution >= 0.6 is 0 Å². The second-order valence-corrected chi connectivity index (χ2v) is 5.19. The molecule has 2 rings (SSSR count). The first kappa shape index (κ1) is 15.0. The molecule has 0 saturated carbocycles. The second kappa shape index (κ2) is 5.92. The number of allylic oxidation sites excluding steroid dienone is 11. The van der Waals surface area contributed by atoms with Gasteiger partial charge in [-0.3, -0.25) is 9.59 Å². The molecule has 3 heteroatoms. The van der Waals surface area contributed by atoms with Crippen LogP contribution in [0.4, 0.5) is 0 Å². The molecule has 108 valence electrons. The molecule has 3 nitrogen and oxygen atoms in total. The summed E-state index contributed by atoms with van der Waals surface area (Å²) < 4.78 is 5.08. The zero-order valence-electron chi connectivity index (χ0n) is 12.7. The second-order valence-electron chi connectivity index (χ2n) is 5.19. The molecule has 0 amide bonds. The minimum atomic E-state index is -0.0861. The third kappa shape index (κ3) is 3.19. The molecule has 0 bridgehead atoms. The molecular weight excluding hydrogens is 264 g/mol. The molecule has 0 atom stereocenters. The van der Waals surface area contributed by atoms with Gasteiger partial charge in [0.05, 0.1) is 7.11 Å². The summed E-state index contributed by atoms with van der Waals surface area (Å²) in [6.07, 6.45) is 11.1. The largest absolute Gasteiger partial charge is 0.493 e. The minimum absolute atomic E-state index is 0.0837. The smallest absolute Gasteiger partial charge is 0.223 e. The number of ketones is 2. The average Bonchev–Trinajstić information content (AvgIpc) is 2.45. The van der Waals surface area contributed by atoms with Gasteiger partial charge in [0, 0.05) is 5.57 Å². The average molecular weight is 282 g/mol. The molecule has 0 aromatic heterocycles. The molecule has 0 aromatic carbocycles. The molecule has 2 aliphatic carbocycles. The summed E-state index contributed by atoms with van der Waals surface area (Å²) in [4.78, 5) is 23.5. The Morgan fingerprint density at radius 2 is 1.19 bits per heavy atom. The van der Waals surface area contributed by atoms with Crippen LogP contribution in [-0.2, 0) is 14.3 Å². The highest BCUT2D eigenvalue weighted by atomic mass is 16.5. The van der Waals surface area contributed by atoms with E-state index in [0.29, 0.717) is 11.3 Å². The van der Waals surface area contributed by atoms with Crippen molar-refractivity contribution in [3.05, 3.63) is 70.1 Å². The van der Waals surface area contributed by atoms with Crippen molar-refractivity contribution in [1.82, 2.24) is 0 Å². The fourth-order valence-corrected chi connectivity index (χ4v) is 2.29. The Hall–Kier alpha value is -2.42. The van der Waals surface area contributed by atoms with Crippen molar-refractivity contribution < 1.29 is 14.3 Å². The van der Waals surface area contributed by atoms with Crippen molar-refractivity contribution in [2.45, 2.75) is 20.8 Å². The SMILES string of the molecule is COC1=C/C(=C/C=C2C=C(C)C(=O)C(C)=C2)C=C(C)C1=O. The molecule has 0 saturated heterocycles. The molecule has 21 heavy (non-hydrogen) atoms. The first-order valence-corrected chi connectivity index (χ1v) is 6.74. The summed E-state index contributed by atoms with van der Waals surface area (Å²) in [5.41, 5.74) is 3.98. The number of hydrogen-bond acceptors (Lipinski definition) is 3. The predicted molar refractivity (Wildman–Crippen MR) is 82.5 cm³/mol. The Morgan fingerprint density at radius 1 is 0.762 bits per heavy atom. The zero-order chi connectivity index (χ0) is 15.6. The van der Waals surface area contributed by atoms with E-state index in [1.54, 1.807) is 13.0 Å². The van der Waals surface area contributed by atoms with E-state index in [1.807, 2.05) is 44.2 Å². The Balaban J connectivity index is 2.33. The van der Waals surface area contributed by atoms with Crippen LogP contribution in [-0.4, -0.2) is 18.7 Å². The number of carbonyl (C=O) groups is 2. The minimum Gasteiger partial charge on any atom is -0.493 e. The lowest BCUT2D eigenvalue weighted by Crippen LogP contribution is -2.10. The summed E-state index contributed by atoms with van der Waals surface area (Å²) in [6.45, 7) is 5.39. The molecular formula is C18H18O3. The number of ether oxygens (including phenoxy) is 1. The van der Waals surface area contributed by atoms with Gasteiger partial charge in [0.1, 0.15) is 0 Å². The van der Waals surface area contributed by atoms with Crippen molar-refractivity contribution in [2.75, 3.05) is 7.11 Å². The van der Waals surface area contributed by atoms with Crippen LogP contribution in [0.25, 0.3) is 0 Å². The van der Waals surface area contributed by atoms with Crippen LogP contribution in [0.15, 0.2) is 70.1 Å². The van der Waals surface area contributed by atoms with E-state index in [2.05, 4.69) is 0 Å². The maximum absolute atomic E-state index is 11.8. The van der Waals surface area contributed by atoms with Gasteiger partial charge in [0.2, 0.25) is 5.78 Å². The van der Waals surface area contributed by atoms with Crippen LogP contribution in [0.2, 0.25) is 0 Å². The number of rotatable bonds is 2. The van der Waals surface area contributed by atoms with Gasteiger partial charge in [-0.1, -0.05) is 12.2 Å². The quantitative estimate of drug-likeness (QED) is 0.780. The first-order valence-electron chi connectivity index (χ1n) is 6.74. The number of methoxy groups -OCH3 is 1. The van der Waals surface area contributed by atoms with E-state index < -0.39 is 0 Å². The van der Waals surface area contributed by atoms with E-state index in [1.165, 1.54) is 7.11 Å². The molecule has 0 aromatic rings. The highest BCUT2D eigenvalue weighted by molar-refractivity contribution is 6.09. The summed E-state index contributed by atoms with van der Waals surface area (Å²) in [5, 5.41) is 0. The Labute approximate surface area is 124 Å². The third-order valence-corrected chi connectivity index (χ3v) is 3.43. The molecule has 0 radical (unpaired) electrons. The lowest BCUT2D eigenvalue weighted by atomic mass is 9.95. The van der Waals surface area contributed by atoms with E-state index in [-0.39, 0.29) is 11.6 Å². The molecule has 0 fully saturated rings. The predicted octanol–water partition coefficient (Wildman–Crippen LogP) is 3.37. The van der Waals surface area contributed by atoms with Crippen LogP contribution in [0.5, 0.6) is 0 Å². The van der Waals surface area contributed by atoms with Crippen LogP contribution < -0.4 is 0 Å². The highest BCUT2D eigenvalue weighted by Crippen LogP contribution is 2.21. The molecule has 0 spiro atoms. The molecule has 0 N–H and O–H groups in total. The van der Waals surface area contributed by atoms with Crippen LogP contribution in [0, 0.1) is 0 Å². The normalized spacial score (nSPS) is 20.8. The molecule has 2 aliphatic rings. The summed E-state index contributed by atoms with van der Waals surface area (Å²) >= 11 is 0. The van der Waals surface area contributed by atoms with Crippen molar-refractivity contribution in [1.29, 1.82) is 0 Å². The molecule has 0 aliphatic heterocycles. The monoisotopic (exact) mass is 282 g/mol. The van der Waals surface area contributed by atoms with E-state index in [4.69, 9.17) is 4.74 Å². The van der Waals surface area contributed by atoms with Gasteiger partial charge in [-0.05, 0) is 67.4 Å². The van der Waals surface area contributed by atoms with Gasteiger partial charge in [-0.15, -0.1) is 0 Å². The topological polar surface area (TPSA) is 43.4 Å². The van der Waals surface area contributed by atoms with Crippen molar-refractivity contribution in [3.63, 3.8) is 0 Å². The fraction of sp³-hybridized carbons (Fsp3) is 0.222. The highest BCUT2D eigenvalue weighted by Gasteiger charge is 2.17. The number of carbonyl (C=O) groups excluding carboxylic acids is 2. The maximum atomic E-state index is 11.8. The maximum Gasteiger partial charge on any atom is 0.223 e. The van der Waals surface area contributed by atoms with E-state index in [0.717, 1.165) is 22.3 Å². The first-order chi connectivity index (χ1) is 9.92. The lowest BCUT2D eigenvalue weighted by molar-refractivity contribution is -0.115. The van der Waals surface area contributed by atoms with Gasteiger partial charge in [0.25, 0.3) is 0 Å². The third-order valence-electron chi connectivity index (χ3n) is 3.43. The van der Waals surface area contributed by atoms with Crippen molar-refractivity contribution >= 4 is 11.6 Å². The Morgan fingerprint density at radius 3 is 1.67 bits per heavy atom. The van der Waals surface area contributed by atoms with E-state index in [9.17, 15) is 9.59 Å². The van der Waals surface area contributed by atoms with Gasteiger partial charge >= 0.3 is 0 Å². The number of Topliss-reactive ketones (excluding diaryl/α,β-unsaturated/α-hetero) is 2. The van der Waals surface area contributed by atoms with Crippen molar-refractivity contribution in [3.8, 4) is 0 Å². The van der Waals surface area contributed by atoms with Crippen LogP contribution in [0.1, 0.15) is 20.8 Å². The van der Waals surface area contributed by atoms with Crippen LogP contribution in [0.3, 0.4) is 0 Å². The van der Waals surface area contributed by atoms with Gasteiger partial charge in [0.15, 0.2) is 11.5 Å². The van der Waals surface area contributed by atoms with Gasteiger partial charge in [-0.2, -0.15) is 0 Å². The Bertz CT molecular complexity index is 668. The molecule has 0 heterocycles.